The summed E-state index contributed by atoms with van der Waals surface area (Å²) in [5.74, 6) is -5.12. The van der Waals surface area contributed by atoms with Gasteiger partial charge in [-0.15, -0.1) is 0 Å². The van der Waals surface area contributed by atoms with Crippen LogP contribution in [0, 0.1) is 12.7 Å². The molecule has 1 atom stereocenters. The molecule has 2 aromatic carbocycles. The van der Waals surface area contributed by atoms with Crippen LogP contribution in [0.1, 0.15) is 74.3 Å². The van der Waals surface area contributed by atoms with Crippen LogP contribution in [0.25, 0.3) is 21.8 Å². The number of pyridine rings is 2. The normalized spacial score (nSPS) is 16.9. The minimum absolute atomic E-state index is 0.0455. The predicted octanol–water partition coefficient (Wildman–Crippen LogP) is 4.95. The van der Waals surface area contributed by atoms with E-state index in [-0.39, 0.29) is 80.0 Å². The number of amides is 3. The number of carbonyl (C=O) groups excluding carboxylic acids is 3. The summed E-state index contributed by atoms with van der Waals surface area (Å²) in [5.41, 5.74) is -1.76. The van der Waals surface area contributed by atoms with Gasteiger partial charge in [-0.1, -0.05) is 24.3 Å². The van der Waals surface area contributed by atoms with E-state index >= 15 is 4.39 Å². The number of halogens is 1. The summed E-state index contributed by atoms with van der Waals surface area (Å²) in [6, 6.07) is 14.1. The minimum atomic E-state index is -1.57. The maximum absolute atomic E-state index is 15.2. The fraction of sp³-hybridized carbons (Fsp3) is 0.429. The quantitative estimate of drug-likeness (QED) is 0.140. The maximum atomic E-state index is 15.2. The Labute approximate surface area is 343 Å². The first-order valence-electron chi connectivity index (χ1n) is 19.7. The molecule has 18 heteroatoms. The highest BCUT2D eigenvalue weighted by molar-refractivity contribution is 6.00. The van der Waals surface area contributed by atoms with Crippen molar-refractivity contribution in [3.63, 3.8) is 0 Å². The van der Waals surface area contributed by atoms with Crippen LogP contribution in [0.3, 0.4) is 0 Å². The summed E-state index contributed by atoms with van der Waals surface area (Å²) >= 11 is 0. The van der Waals surface area contributed by atoms with Gasteiger partial charge in [-0.25, -0.2) is 28.7 Å². The minimum Gasteiger partial charge on any atom is -0.481 e. The van der Waals surface area contributed by atoms with Crippen LogP contribution in [0.5, 0.6) is 11.6 Å². The van der Waals surface area contributed by atoms with E-state index in [9.17, 15) is 44.1 Å². The first-order valence-corrected chi connectivity index (χ1v) is 19.7. The highest BCUT2D eigenvalue weighted by Crippen LogP contribution is 2.41. The van der Waals surface area contributed by atoms with Gasteiger partial charge < -0.3 is 44.6 Å². The third-order valence-corrected chi connectivity index (χ3v) is 10.9. The second-order valence-electron chi connectivity index (χ2n) is 14.9. The largest absolute Gasteiger partial charge is 0.481 e. The molecule has 4 N–H and O–H groups in total. The Kier molecular flexibility index (Phi) is 13.0. The van der Waals surface area contributed by atoms with Crippen LogP contribution in [-0.4, -0.2) is 121 Å². The van der Waals surface area contributed by atoms with Crippen molar-refractivity contribution in [3.05, 3.63) is 71.7 Å². The van der Waals surface area contributed by atoms with Gasteiger partial charge in [-0.3, -0.25) is 14.4 Å². The molecule has 318 valence electrons. The van der Waals surface area contributed by atoms with Gasteiger partial charge in [0.05, 0.1) is 23.0 Å². The average molecular weight is 832 g/mol. The molecule has 3 fully saturated rings. The number of benzene rings is 2. The molecule has 2 aromatic heterocycles. The van der Waals surface area contributed by atoms with E-state index < -0.39 is 65.3 Å². The lowest BCUT2D eigenvalue weighted by molar-refractivity contribution is -0.164. The second kappa shape index (κ2) is 18.1. The number of hydrogen-bond acceptors (Lipinski definition) is 11. The van der Waals surface area contributed by atoms with Gasteiger partial charge in [0.15, 0.2) is 0 Å². The van der Waals surface area contributed by atoms with E-state index in [4.69, 9.17) is 14.2 Å². The Balaban J connectivity index is 0.000000276. The monoisotopic (exact) mass is 831 g/mol. The number of fused-ring (bicyclic) bond motifs is 2. The van der Waals surface area contributed by atoms with Crippen molar-refractivity contribution in [2.24, 2.45) is 0 Å². The summed E-state index contributed by atoms with van der Waals surface area (Å²) in [6.07, 6.45) is 1.88. The molecule has 3 heterocycles. The molecule has 1 aliphatic heterocycles. The lowest BCUT2D eigenvalue weighted by Gasteiger charge is -2.38. The van der Waals surface area contributed by atoms with E-state index in [0.29, 0.717) is 25.1 Å². The first kappa shape index (κ1) is 43.0. The molecule has 3 amide bonds. The highest BCUT2D eigenvalue weighted by atomic mass is 19.1. The van der Waals surface area contributed by atoms with Crippen molar-refractivity contribution in [1.29, 1.82) is 0 Å². The van der Waals surface area contributed by atoms with Crippen molar-refractivity contribution in [1.82, 2.24) is 25.1 Å². The molecule has 0 spiro atoms. The summed E-state index contributed by atoms with van der Waals surface area (Å²) in [5, 5.41) is 31.7. The first-order chi connectivity index (χ1) is 28.6. The van der Waals surface area contributed by atoms with Gasteiger partial charge in [-0.05, 0) is 82.6 Å². The number of aliphatic carboxylic acids is 3. The molecule has 3 aliphatic rings. The van der Waals surface area contributed by atoms with Gasteiger partial charge >= 0.3 is 24.0 Å². The Bertz CT molecular complexity index is 2310. The third-order valence-electron chi connectivity index (χ3n) is 10.9. The summed E-state index contributed by atoms with van der Waals surface area (Å²) in [6.45, 7) is 4.13. The van der Waals surface area contributed by atoms with E-state index in [1.807, 2.05) is 30.3 Å². The molecule has 0 radical (unpaired) electrons. The fourth-order valence-corrected chi connectivity index (χ4v) is 7.08. The number of carboxylic acids is 3. The number of nitrogens with one attached hydrogen (secondary N) is 1. The number of rotatable bonds is 13. The molecule has 60 heavy (non-hydrogen) atoms. The Morgan fingerprint density at radius 1 is 0.817 bits per heavy atom. The van der Waals surface area contributed by atoms with E-state index in [1.54, 1.807) is 13.0 Å². The number of nitrogens with zero attached hydrogens (tertiary/aromatic N) is 4. The Hall–Kier alpha value is -6.59. The predicted molar refractivity (Wildman–Crippen MR) is 211 cm³/mol. The van der Waals surface area contributed by atoms with Crippen LogP contribution in [0.2, 0.25) is 0 Å². The van der Waals surface area contributed by atoms with E-state index in [2.05, 4.69) is 15.3 Å². The van der Waals surface area contributed by atoms with Crippen LogP contribution < -0.4 is 14.8 Å². The Morgan fingerprint density at radius 3 is 2.05 bits per heavy atom. The molecule has 2 aliphatic carbocycles. The smallest absolute Gasteiger partial charge is 0.409 e. The topological polar surface area (TPSA) is 235 Å². The van der Waals surface area contributed by atoms with Gasteiger partial charge in [0.25, 0.3) is 5.91 Å². The summed E-state index contributed by atoms with van der Waals surface area (Å²) in [4.78, 5) is 84.7. The van der Waals surface area contributed by atoms with Crippen molar-refractivity contribution in [2.45, 2.75) is 82.5 Å². The van der Waals surface area contributed by atoms with Crippen LogP contribution in [-0.2, 0) is 23.9 Å². The number of carboxylic acid groups (broad SMARTS) is 3. The number of para-hydroxylation sites is 1. The van der Waals surface area contributed by atoms with Crippen molar-refractivity contribution < 1.29 is 62.7 Å². The molecule has 2 saturated carbocycles. The molecular formula is C42H46FN5O12. The number of piperazine rings is 1. The zero-order chi connectivity index (χ0) is 43.2. The van der Waals surface area contributed by atoms with Gasteiger partial charge in [0, 0.05) is 50.1 Å². The molecule has 1 unspecified atom stereocenters. The van der Waals surface area contributed by atoms with Gasteiger partial charge in [-0.2, -0.15) is 0 Å². The lowest BCUT2D eigenvalue weighted by Crippen LogP contribution is -2.56. The molecule has 1 saturated heterocycles. The van der Waals surface area contributed by atoms with E-state index in [0.717, 1.165) is 23.4 Å². The number of hydrogen-bond donors (Lipinski definition) is 4. The van der Waals surface area contributed by atoms with Crippen LogP contribution in [0.4, 0.5) is 9.18 Å². The van der Waals surface area contributed by atoms with Crippen molar-refractivity contribution >= 4 is 57.6 Å². The molecular weight excluding hydrogens is 785 g/mol. The highest BCUT2D eigenvalue weighted by Gasteiger charge is 2.48. The fourth-order valence-electron chi connectivity index (χ4n) is 7.08. The summed E-state index contributed by atoms with van der Waals surface area (Å²) in [7, 11) is 0. The van der Waals surface area contributed by atoms with Crippen molar-refractivity contribution in [3.8, 4) is 11.6 Å². The standard InChI is InChI=1S/C28H33FN4O9.C14H13NO3/c1-3-41-27(40)33-13-11-32(12-14-33)25(37)18(7-8-21(34)35)31-24(36)19-15-20(42-28(26(38)39)9-4-10-28)22-17(30-19)6-5-16(2)23(22)29;16-13(17)14(8-3-9-14)18-12-7-6-10-4-1-2-5-11(10)15-12/h5-6,15,18H,3-4,7-14H2,1-2H3,(H,31,36)(H,34,35)(H,38,39);1-2,4-7H,3,8-9H2,(H,16,17). The zero-order valence-corrected chi connectivity index (χ0v) is 33.1. The van der Waals surface area contributed by atoms with E-state index in [1.165, 1.54) is 28.9 Å². The van der Waals surface area contributed by atoms with Crippen LogP contribution in [0.15, 0.2) is 54.6 Å². The third kappa shape index (κ3) is 9.32. The second-order valence-corrected chi connectivity index (χ2v) is 14.9. The van der Waals surface area contributed by atoms with Crippen LogP contribution >= 0.6 is 0 Å². The maximum Gasteiger partial charge on any atom is 0.409 e. The summed E-state index contributed by atoms with van der Waals surface area (Å²) < 4.78 is 31.6. The number of ether oxygens (including phenoxy) is 3. The Morgan fingerprint density at radius 2 is 1.45 bits per heavy atom. The lowest BCUT2D eigenvalue weighted by atomic mass is 9.80. The average Bonchev–Trinajstić information content (AvgIpc) is 3.20. The number of aryl methyl sites for hydroxylation is 1. The zero-order valence-electron chi connectivity index (χ0n) is 33.1. The van der Waals surface area contributed by atoms with Gasteiger partial charge in [0.1, 0.15) is 23.3 Å². The van der Waals surface area contributed by atoms with Crippen molar-refractivity contribution in [2.75, 3.05) is 32.8 Å². The molecule has 7 rings (SSSR count). The molecule has 4 aromatic rings. The van der Waals surface area contributed by atoms with Gasteiger partial charge in [0.2, 0.25) is 23.0 Å². The number of carbonyl (C=O) groups is 6. The molecule has 0 bridgehead atoms. The SMILES string of the molecule is CCOC(=O)N1CCN(C(=O)C(CCC(=O)O)NC(=O)c2cc(OC3(C(=O)O)CCC3)c3c(F)c(C)ccc3n2)CC1.O=C(O)C1(Oc2ccc3ccccc3n2)CCC1. The molecule has 17 nitrogen and oxygen atoms in total. The number of aromatic nitrogens is 2.